The van der Waals surface area contributed by atoms with Crippen molar-refractivity contribution >= 4 is 51.2 Å². The quantitative estimate of drug-likeness (QED) is 0.0420. The molecule has 1 aliphatic carbocycles. The van der Waals surface area contributed by atoms with Crippen molar-refractivity contribution in [3.05, 3.63) is 45.8 Å². The van der Waals surface area contributed by atoms with E-state index in [1.54, 1.807) is 0 Å². The molecule has 1 aliphatic rings. The van der Waals surface area contributed by atoms with Gasteiger partial charge in [-0.1, -0.05) is 261 Å². The van der Waals surface area contributed by atoms with Crippen LogP contribution < -0.4 is 0 Å². The smallest absolute Gasteiger partial charge is 0.168 e. The summed E-state index contributed by atoms with van der Waals surface area (Å²) in [5.41, 5.74) is 7.22. The van der Waals surface area contributed by atoms with E-state index in [2.05, 4.69) is 93.5 Å². The van der Waals surface area contributed by atoms with Gasteiger partial charge in [0.2, 0.25) is 0 Å². The fourth-order valence-electron chi connectivity index (χ4n) is 11.7. The van der Waals surface area contributed by atoms with Crippen molar-refractivity contribution in [3.63, 3.8) is 0 Å². The molecule has 0 spiro atoms. The molecule has 0 radical (unpaired) electrons. The standard InChI is InChI=1S/C64H104N2OS3/c1-11-17-21-25-27-31-34-38-48(37-33-29-23-19-13-3)41-42-50-52(45-49(39-35-30-24-20-14-4)40-36-32-28-26-22-18-12-2)53-46-56(51-43-44-55(63(7,8)15-5)59-58(51)65-70-66-59)68-61(53)62-54(60(50)67)47-57(69-62)64(9,10)16-6/h43-44,46-50,52H,11-42,45H2,1-10H3. The summed E-state index contributed by atoms with van der Waals surface area (Å²) in [4.78, 5) is 21.2. The molecule has 394 valence electrons. The normalized spacial score (nSPS) is 16.2. The predicted molar refractivity (Wildman–Crippen MR) is 314 cm³/mol. The molecule has 4 unspecified atom stereocenters. The van der Waals surface area contributed by atoms with Gasteiger partial charge < -0.3 is 0 Å². The van der Waals surface area contributed by atoms with Gasteiger partial charge in [0.1, 0.15) is 11.0 Å². The van der Waals surface area contributed by atoms with Crippen LogP contribution in [0.5, 0.6) is 0 Å². The van der Waals surface area contributed by atoms with Crippen molar-refractivity contribution in [3.8, 4) is 20.2 Å². The Labute approximate surface area is 443 Å². The Kier molecular flexibility index (Phi) is 26.2. The molecular formula is C64H104N2OS3. The zero-order valence-corrected chi connectivity index (χ0v) is 49.4. The molecule has 3 nitrogen and oxygen atoms in total. The summed E-state index contributed by atoms with van der Waals surface area (Å²) in [7, 11) is 0. The van der Waals surface area contributed by atoms with E-state index >= 15 is 4.79 Å². The Balaban J connectivity index is 1.60. The molecule has 0 saturated carbocycles. The summed E-state index contributed by atoms with van der Waals surface area (Å²) < 4.78 is 10.0. The van der Waals surface area contributed by atoms with E-state index in [1.165, 1.54) is 234 Å². The number of hydrogen-bond acceptors (Lipinski definition) is 6. The van der Waals surface area contributed by atoms with Crippen LogP contribution in [0.25, 0.3) is 31.2 Å². The summed E-state index contributed by atoms with van der Waals surface area (Å²) >= 11 is 5.27. The number of carbonyl (C=O) groups excluding carboxylic acids is 1. The van der Waals surface area contributed by atoms with Crippen LogP contribution in [0.2, 0.25) is 0 Å². The number of benzene rings is 1. The first-order valence-electron chi connectivity index (χ1n) is 30.0. The maximum atomic E-state index is 15.9. The van der Waals surface area contributed by atoms with Gasteiger partial charge in [0.15, 0.2) is 5.78 Å². The predicted octanol–water partition coefficient (Wildman–Crippen LogP) is 22.8. The zero-order chi connectivity index (χ0) is 50.4. The monoisotopic (exact) mass is 1010 g/mol. The maximum absolute atomic E-state index is 15.9. The van der Waals surface area contributed by atoms with Crippen LogP contribution in [0, 0.1) is 17.8 Å². The van der Waals surface area contributed by atoms with Gasteiger partial charge in [-0.3, -0.25) is 4.79 Å². The molecule has 0 fully saturated rings. The highest BCUT2D eigenvalue weighted by molar-refractivity contribution is 7.24. The topological polar surface area (TPSA) is 42.9 Å². The van der Waals surface area contributed by atoms with Gasteiger partial charge in [-0.2, -0.15) is 8.75 Å². The minimum absolute atomic E-state index is 0.0107. The Morgan fingerprint density at radius 1 is 0.500 bits per heavy atom. The van der Waals surface area contributed by atoms with Gasteiger partial charge in [-0.15, -0.1) is 22.7 Å². The van der Waals surface area contributed by atoms with E-state index in [0.29, 0.717) is 17.6 Å². The molecule has 5 rings (SSSR count). The lowest BCUT2D eigenvalue weighted by Gasteiger charge is -2.30. The molecule has 3 heterocycles. The number of ketones is 1. The number of Topliss-reactive ketones (excluding diaryl/α,β-unsaturated/α-hetero) is 1. The van der Waals surface area contributed by atoms with E-state index in [4.69, 9.17) is 8.75 Å². The summed E-state index contributed by atoms with van der Waals surface area (Å²) in [5.74, 6) is 2.06. The van der Waals surface area contributed by atoms with Gasteiger partial charge in [-0.05, 0) is 83.9 Å². The van der Waals surface area contributed by atoms with Crippen LogP contribution in [0.3, 0.4) is 0 Å². The first kappa shape index (κ1) is 59.0. The number of hydrogen-bond donors (Lipinski definition) is 0. The fraction of sp³-hybridized carbons (Fsp3) is 0.766. The van der Waals surface area contributed by atoms with Gasteiger partial charge in [0, 0.05) is 31.7 Å². The lowest BCUT2D eigenvalue weighted by molar-refractivity contribution is 0.0875. The molecule has 0 bridgehead atoms. The first-order valence-corrected chi connectivity index (χ1v) is 32.4. The van der Waals surface area contributed by atoms with Crippen LogP contribution in [-0.2, 0) is 10.8 Å². The number of rotatable bonds is 38. The van der Waals surface area contributed by atoms with Crippen molar-refractivity contribution in [2.75, 3.05) is 0 Å². The third kappa shape index (κ3) is 17.1. The van der Waals surface area contributed by atoms with Crippen molar-refractivity contribution in [1.29, 1.82) is 0 Å². The van der Waals surface area contributed by atoms with Crippen molar-refractivity contribution < 1.29 is 4.79 Å². The number of nitrogens with zero attached hydrogens (tertiary/aromatic N) is 2. The lowest BCUT2D eigenvalue weighted by atomic mass is 9.73. The van der Waals surface area contributed by atoms with Crippen molar-refractivity contribution in [2.45, 2.75) is 298 Å². The van der Waals surface area contributed by atoms with Gasteiger partial charge >= 0.3 is 0 Å². The highest BCUT2D eigenvalue weighted by Gasteiger charge is 2.41. The number of thiophene rings is 2. The molecule has 0 aliphatic heterocycles. The average Bonchev–Trinajstić information content (AvgIpc) is 4.13. The number of aromatic nitrogens is 2. The summed E-state index contributed by atoms with van der Waals surface area (Å²) in [5, 5.41) is 0. The van der Waals surface area contributed by atoms with Crippen LogP contribution >= 0.6 is 34.4 Å². The summed E-state index contributed by atoms with van der Waals surface area (Å²) in [6.07, 6.45) is 43.2. The van der Waals surface area contributed by atoms with Crippen LogP contribution in [0.15, 0.2) is 24.3 Å². The highest BCUT2D eigenvalue weighted by atomic mass is 32.1. The van der Waals surface area contributed by atoms with E-state index in [9.17, 15) is 0 Å². The van der Waals surface area contributed by atoms with E-state index < -0.39 is 0 Å². The molecule has 1 aromatic carbocycles. The van der Waals surface area contributed by atoms with Crippen LogP contribution in [-0.4, -0.2) is 14.5 Å². The Hall–Kier alpha value is -1.89. The minimum Gasteiger partial charge on any atom is -0.294 e. The average molecular weight is 1010 g/mol. The number of carbonyl (C=O) groups is 1. The highest BCUT2D eigenvalue weighted by Crippen LogP contribution is 2.55. The Morgan fingerprint density at radius 2 is 0.986 bits per heavy atom. The third-order valence-electron chi connectivity index (χ3n) is 17.4. The molecule has 4 atom stereocenters. The second-order valence-corrected chi connectivity index (χ2v) is 26.3. The van der Waals surface area contributed by atoms with Crippen molar-refractivity contribution in [1.82, 2.24) is 8.75 Å². The Morgan fingerprint density at radius 3 is 1.50 bits per heavy atom. The summed E-state index contributed by atoms with van der Waals surface area (Å²) in [6.45, 7) is 23.4. The lowest BCUT2D eigenvalue weighted by Crippen LogP contribution is -2.25. The molecule has 70 heavy (non-hydrogen) atoms. The molecule has 4 aromatic rings. The second kappa shape index (κ2) is 31.1. The molecule has 0 saturated heterocycles. The maximum Gasteiger partial charge on any atom is 0.168 e. The molecular weight excluding hydrogens is 909 g/mol. The number of fused-ring (bicyclic) bond motifs is 4. The molecule has 6 heteroatoms. The minimum atomic E-state index is 0.0107. The Bertz CT molecular complexity index is 2070. The van der Waals surface area contributed by atoms with Gasteiger partial charge in [-0.25, -0.2) is 0 Å². The van der Waals surface area contributed by atoms with Gasteiger partial charge in [0.05, 0.1) is 16.6 Å². The first-order chi connectivity index (χ1) is 33.9. The SMILES string of the molecule is CCCCCCCCCC(CCCCCCC)CCC1C(=O)c2cc(C(C)(C)CC)sc2-c2sc(-c3ccc(C(C)(C)CC)c4nsnc34)cc2C1CC(CCCCCCC)CCCCCCCCC. The van der Waals surface area contributed by atoms with E-state index in [0.717, 1.165) is 42.3 Å². The largest absolute Gasteiger partial charge is 0.294 e. The zero-order valence-electron chi connectivity index (χ0n) is 47.0. The molecule has 0 amide bonds. The van der Waals surface area contributed by atoms with Crippen LogP contribution in [0.1, 0.15) is 313 Å². The third-order valence-corrected chi connectivity index (χ3v) is 20.7. The number of unbranched alkanes of at least 4 members (excludes halogenated alkanes) is 20. The van der Waals surface area contributed by atoms with E-state index in [1.807, 2.05) is 22.7 Å². The molecule has 0 N–H and O–H groups in total. The fourth-order valence-corrected chi connectivity index (χ4v) is 15.0. The van der Waals surface area contributed by atoms with Gasteiger partial charge in [0.25, 0.3) is 0 Å². The molecule has 3 aromatic heterocycles. The van der Waals surface area contributed by atoms with Crippen molar-refractivity contribution in [2.24, 2.45) is 17.8 Å². The second-order valence-electron chi connectivity index (χ2n) is 23.7. The van der Waals surface area contributed by atoms with Crippen LogP contribution in [0.4, 0.5) is 0 Å². The van der Waals surface area contributed by atoms with E-state index in [-0.39, 0.29) is 22.7 Å². The summed E-state index contributed by atoms with van der Waals surface area (Å²) in [6, 6.07) is 9.72.